The van der Waals surface area contributed by atoms with E-state index in [0.717, 1.165) is 11.0 Å². The summed E-state index contributed by atoms with van der Waals surface area (Å²) in [6.07, 6.45) is 4.88. The van der Waals surface area contributed by atoms with Crippen molar-refractivity contribution in [3.8, 4) is 6.07 Å². The van der Waals surface area contributed by atoms with Crippen molar-refractivity contribution in [3.63, 3.8) is 0 Å². The number of hydrogen-bond acceptors (Lipinski definition) is 6. The smallest absolute Gasteiger partial charge is 0.399 e. The fourth-order valence-corrected chi connectivity index (χ4v) is 3.23. The molecule has 8 nitrogen and oxygen atoms in total. The zero-order valence-electron chi connectivity index (χ0n) is 17.6. The summed E-state index contributed by atoms with van der Waals surface area (Å²) in [5.41, 5.74) is 1.48. The standard InChI is InChI=1S/C21H22BN5O3/c1-20(2)21(3,4)30-22(29-20)16-13-25-27-9-8-15(10-17(16)27)19(28)26(5)18-7-6-14(11-23)12-24-18/h6-10,12-13H,1-5H3. The second kappa shape index (κ2) is 6.94. The summed E-state index contributed by atoms with van der Waals surface area (Å²) in [4.78, 5) is 18.7. The van der Waals surface area contributed by atoms with Gasteiger partial charge in [0.2, 0.25) is 0 Å². The molecular weight excluding hydrogens is 381 g/mol. The molecule has 3 aromatic heterocycles. The van der Waals surface area contributed by atoms with Gasteiger partial charge in [0.15, 0.2) is 0 Å². The van der Waals surface area contributed by atoms with E-state index < -0.39 is 18.3 Å². The van der Waals surface area contributed by atoms with E-state index in [1.165, 1.54) is 11.1 Å². The lowest BCUT2D eigenvalue weighted by Crippen LogP contribution is -2.41. The Morgan fingerprint density at radius 2 is 1.87 bits per heavy atom. The summed E-state index contributed by atoms with van der Waals surface area (Å²) >= 11 is 0. The van der Waals surface area contributed by atoms with Crippen LogP contribution in [0.15, 0.2) is 42.9 Å². The van der Waals surface area contributed by atoms with Gasteiger partial charge in [0, 0.05) is 36.7 Å². The Morgan fingerprint density at radius 3 is 2.47 bits per heavy atom. The third kappa shape index (κ3) is 3.24. The van der Waals surface area contributed by atoms with E-state index in [9.17, 15) is 4.79 Å². The molecule has 30 heavy (non-hydrogen) atoms. The molecule has 152 valence electrons. The minimum Gasteiger partial charge on any atom is -0.399 e. The second-order valence-corrected chi connectivity index (χ2v) is 8.31. The number of carbonyl (C=O) groups is 1. The summed E-state index contributed by atoms with van der Waals surface area (Å²) in [5.74, 6) is 0.231. The van der Waals surface area contributed by atoms with Crippen LogP contribution in [-0.4, -0.2) is 45.9 Å². The molecule has 9 heteroatoms. The Morgan fingerprint density at radius 1 is 1.17 bits per heavy atom. The van der Waals surface area contributed by atoms with E-state index in [1.54, 1.807) is 48.2 Å². The molecule has 0 atom stereocenters. The number of fused-ring (bicyclic) bond motifs is 1. The van der Waals surface area contributed by atoms with Crippen LogP contribution in [0.25, 0.3) is 5.52 Å². The number of amides is 1. The third-order valence-electron chi connectivity index (χ3n) is 5.83. The number of hydrogen-bond donors (Lipinski definition) is 0. The topological polar surface area (TPSA) is 92.8 Å². The van der Waals surface area contributed by atoms with Gasteiger partial charge in [-0.1, -0.05) is 0 Å². The first kappa shape index (κ1) is 20.1. The number of nitrogens with zero attached hydrogens (tertiary/aromatic N) is 5. The van der Waals surface area contributed by atoms with Crippen molar-refractivity contribution < 1.29 is 14.1 Å². The molecule has 0 radical (unpaired) electrons. The van der Waals surface area contributed by atoms with E-state index in [2.05, 4.69) is 10.1 Å². The molecule has 1 amide bonds. The molecule has 0 N–H and O–H groups in total. The van der Waals surface area contributed by atoms with E-state index in [4.69, 9.17) is 14.6 Å². The number of anilines is 1. The predicted octanol–water partition coefficient (Wildman–Crippen LogP) is 2.18. The largest absolute Gasteiger partial charge is 0.498 e. The minimum absolute atomic E-state index is 0.226. The zero-order chi connectivity index (χ0) is 21.7. The third-order valence-corrected chi connectivity index (χ3v) is 5.83. The molecule has 0 bridgehead atoms. The van der Waals surface area contributed by atoms with Gasteiger partial charge in [0.25, 0.3) is 5.91 Å². The summed E-state index contributed by atoms with van der Waals surface area (Å²) in [6, 6.07) is 8.76. The lowest BCUT2D eigenvalue weighted by Gasteiger charge is -2.32. The van der Waals surface area contributed by atoms with Crippen molar-refractivity contribution in [1.82, 2.24) is 14.6 Å². The highest BCUT2D eigenvalue weighted by atomic mass is 16.7. The normalized spacial score (nSPS) is 17.1. The molecule has 0 aromatic carbocycles. The highest BCUT2D eigenvalue weighted by molar-refractivity contribution is 6.64. The number of nitriles is 1. The maximum Gasteiger partial charge on any atom is 0.498 e. The van der Waals surface area contributed by atoms with Gasteiger partial charge in [-0.2, -0.15) is 10.4 Å². The summed E-state index contributed by atoms with van der Waals surface area (Å²) in [6.45, 7) is 7.97. The summed E-state index contributed by atoms with van der Waals surface area (Å²) in [5, 5.41) is 13.3. The number of rotatable bonds is 3. The quantitative estimate of drug-likeness (QED) is 0.623. The molecule has 4 heterocycles. The van der Waals surface area contributed by atoms with Crippen molar-refractivity contribution in [2.24, 2.45) is 0 Å². The monoisotopic (exact) mass is 403 g/mol. The van der Waals surface area contributed by atoms with Gasteiger partial charge in [-0.15, -0.1) is 0 Å². The van der Waals surface area contributed by atoms with Crippen LogP contribution < -0.4 is 10.4 Å². The average Bonchev–Trinajstić information content (AvgIpc) is 3.23. The highest BCUT2D eigenvalue weighted by Gasteiger charge is 2.52. The lowest BCUT2D eigenvalue weighted by molar-refractivity contribution is 0.00578. The SMILES string of the molecule is CN(C(=O)c1ccn2ncc(B3OC(C)(C)C(C)(C)O3)c2c1)c1ccc(C#N)cn1. The van der Waals surface area contributed by atoms with Gasteiger partial charge in [-0.25, -0.2) is 9.50 Å². The molecule has 0 spiro atoms. The first-order chi connectivity index (χ1) is 14.1. The van der Waals surface area contributed by atoms with Crippen molar-refractivity contribution >= 4 is 29.8 Å². The molecular formula is C21H22BN5O3. The second-order valence-electron chi connectivity index (χ2n) is 8.31. The molecule has 1 saturated heterocycles. The molecule has 0 aliphatic carbocycles. The first-order valence-corrected chi connectivity index (χ1v) is 9.60. The van der Waals surface area contributed by atoms with Crippen molar-refractivity contribution in [2.75, 3.05) is 11.9 Å². The highest BCUT2D eigenvalue weighted by Crippen LogP contribution is 2.36. The fourth-order valence-electron chi connectivity index (χ4n) is 3.23. The Kier molecular flexibility index (Phi) is 4.64. The Balaban J connectivity index is 1.66. The summed E-state index contributed by atoms with van der Waals surface area (Å²) in [7, 11) is 1.07. The van der Waals surface area contributed by atoms with E-state index >= 15 is 0 Å². The number of aromatic nitrogens is 3. The average molecular weight is 403 g/mol. The van der Waals surface area contributed by atoms with Crippen LogP contribution >= 0.6 is 0 Å². The van der Waals surface area contributed by atoms with Crippen LogP contribution in [0.3, 0.4) is 0 Å². The van der Waals surface area contributed by atoms with E-state index in [1.807, 2.05) is 33.8 Å². The molecule has 4 rings (SSSR count). The van der Waals surface area contributed by atoms with Gasteiger partial charge in [0.1, 0.15) is 11.9 Å². The maximum atomic E-state index is 13.0. The van der Waals surface area contributed by atoms with Crippen LogP contribution in [0.4, 0.5) is 5.82 Å². The van der Waals surface area contributed by atoms with Crippen LogP contribution in [0.5, 0.6) is 0 Å². The van der Waals surface area contributed by atoms with Crippen LogP contribution in [-0.2, 0) is 9.31 Å². The minimum atomic E-state index is -0.573. The molecule has 1 aliphatic rings. The first-order valence-electron chi connectivity index (χ1n) is 9.60. The Hall–Kier alpha value is -3.22. The van der Waals surface area contributed by atoms with Crippen molar-refractivity contribution in [2.45, 2.75) is 38.9 Å². The Labute approximate surface area is 175 Å². The van der Waals surface area contributed by atoms with Gasteiger partial charge in [-0.05, 0) is 52.0 Å². The maximum absolute atomic E-state index is 13.0. The Bertz CT molecular complexity index is 1150. The number of carbonyl (C=O) groups excluding carboxylic acids is 1. The molecule has 3 aromatic rings. The van der Waals surface area contributed by atoms with Crippen molar-refractivity contribution in [1.29, 1.82) is 5.26 Å². The van der Waals surface area contributed by atoms with E-state index in [0.29, 0.717) is 16.9 Å². The summed E-state index contributed by atoms with van der Waals surface area (Å²) < 4.78 is 14.0. The fraction of sp³-hybridized carbons (Fsp3) is 0.333. The van der Waals surface area contributed by atoms with Gasteiger partial charge in [-0.3, -0.25) is 9.69 Å². The van der Waals surface area contributed by atoms with Crippen molar-refractivity contribution in [3.05, 3.63) is 54.0 Å². The molecule has 0 saturated carbocycles. The van der Waals surface area contributed by atoms with E-state index in [-0.39, 0.29) is 5.91 Å². The number of pyridine rings is 2. The van der Waals surface area contributed by atoms with Crippen LogP contribution in [0, 0.1) is 11.3 Å². The molecule has 1 aliphatic heterocycles. The zero-order valence-corrected chi connectivity index (χ0v) is 17.6. The van der Waals surface area contributed by atoms with Crippen LogP contribution in [0.2, 0.25) is 0 Å². The lowest BCUT2D eigenvalue weighted by atomic mass is 9.80. The predicted molar refractivity (Wildman–Crippen MR) is 113 cm³/mol. The molecule has 0 unspecified atom stereocenters. The van der Waals surface area contributed by atoms with Gasteiger partial charge < -0.3 is 9.31 Å². The van der Waals surface area contributed by atoms with Gasteiger partial charge >= 0.3 is 7.12 Å². The van der Waals surface area contributed by atoms with Crippen LogP contribution in [0.1, 0.15) is 43.6 Å². The van der Waals surface area contributed by atoms with Gasteiger partial charge in [0.05, 0.1) is 22.3 Å². The molecule has 1 fully saturated rings.